The van der Waals surface area contributed by atoms with Gasteiger partial charge in [0.25, 0.3) is 0 Å². The number of aromatic nitrogens is 2. The molecule has 0 aromatic carbocycles. The number of imidazole rings is 1. The number of hydrogen-bond acceptors (Lipinski definition) is 4. The maximum Gasteiger partial charge on any atom is 1.00 e. The van der Waals surface area contributed by atoms with Crippen LogP contribution in [0.15, 0.2) is 12.4 Å². The summed E-state index contributed by atoms with van der Waals surface area (Å²) in [6.45, 7) is 1.92. The third-order valence-electron chi connectivity index (χ3n) is 0.918. The van der Waals surface area contributed by atoms with E-state index in [1.807, 2.05) is 6.92 Å². The number of rotatable bonds is 0. The molecular formula is C5H6F3N2NaO3S. The monoisotopic (exact) mass is 254 g/mol. The van der Waals surface area contributed by atoms with Crippen molar-refractivity contribution < 1.29 is 55.7 Å². The number of aryl methyl sites for hydroxylation is 1. The predicted octanol–water partition coefficient (Wildman–Crippen LogP) is -2.23. The molecule has 5 nitrogen and oxygen atoms in total. The third-order valence-corrected chi connectivity index (χ3v) is 1.49. The van der Waals surface area contributed by atoms with Crippen molar-refractivity contribution in [2.24, 2.45) is 0 Å². The molecule has 1 rings (SSSR count). The van der Waals surface area contributed by atoms with Gasteiger partial charge in [0.15, 0.2) is 10.1 Å². The van der Waals surface area contributed by atoms with Crippen LogP contribution in [0.5, 0.6) is 0 Å². The van der Waals surface area contributed by atoms with Gasteiger partial charge < -0.3 is 9.54 Å². The fourth-order valence-corrected chi connectivity index (χ4v) is 0.344. The van der Waals surface area contributed by atoms with E-state index in [4.69, 9.17) is 13.0 Å². The SMILES string of the molecule is Cc1ncc[nH]1.O=S(=O)([O-])C(F)(F)F.[Na+]. The first kappa shape index (κ1) is 17.3. The van der Waals surface area contributed by atoms with Gasteiger partial charge in [0.05, 0.1) is 0 Å². The first-order chi connectivity index (χ1) is 6.14. The molecule has 0 unspecified atom stereocenters. The summed E-state index contributed by atoms with van der Waals surface area (Å²) in [5, 5.41) is 0. The topological polar surface area (TPSA) is 85.9 Å². The summed E-state index contributed by atoms with van der Waals surface area (Å²) >= 11 is 0. The summed E-state index contributed by atoms with van der Waals surface area (Å²) in [7, 11) is -6.09. The maximum absolute atomic E-state index is 10.7. The molecular weight excluding hydrogens is 248 g/mol. The number of hydrogen-bond donors (Lipinski definition) is 1. The fraction of sp³-hybridized carbons (Fsp3) is 0.400. The second kappa shape index (κ2) is 6.48. The van der Waals surface area contributed by atoms with E-state index < -0.39 is 15.6 Å². The molecule has 0 spiro atoms. The zero-order chi connectivity index (χ0) is 11.4. The van der Waals surface area contributed by atoms with E-state index in [-0.39, 0.29) is 29.6 Å². The summed E-state index contributed by atoms with van der Waals surface area (Å²) in [5.41, 5.74) is -5.65. The standard InChI is InChI=1S/C4H6N2.CHF3O3S.Na/c1-4-5-2-3-6-4;2-1(3,4)8(5,6)7;/h2-3H,1H3,(H,5,6);(H,5,6,7);/q;;+1/p-1. The van der Waals surface area contributed by atoms with Gasteiger partial charge in [-0.3, -0.25) is 0 Å². The molecule has 0 amide bonds. The second-order valence-corrected chi connectivity index (χ2v) is 3.45. The van der Waals surface area contributed by atoms with Crippen molar-refractivity contribution in [1.29, 1.82) is 0 Å². The van der Waals surface area contributed by atoms with Gasteiger partial charge in [-0.2, -0.15) is 13.2 Å². The van der Waals surface area contributed by atoms with Gasteiger partial charge in [-0.25, -0.2) is 13.4 Å². The van der Waals surface area contributed by atoms with E-state index in [1.54, 1.807) is 12.4 Å². The molecule has 1 N–H and O–H groups in total. The first-order valence-electron chi connectivity index (χ1n) is 3.12. The Morgan fingerprint density at radius 1 is 1.47 bits per heavy atom. The van der Waals surface area contributed by atoms with E-state index in [2.05, 4.69) is 9.97 Å². The third kappa shape index (κ3) is 7.79. The molecule has 0 aliphatic carbocycles. The Hall–Kier alpha value is -0.0900. The van der Waals surface area contributed by atoms with Crippen molar-refractivity contribution in [3.05, 3.63) is 18.2 Å². The van der Waals surface area contributed by atoms with Crippen LogP contribution in [-0.4, -0.2) is 28.4 Å². The molecule has 1 aromatic heterocycles. The first-order valence-corrected chi connectivity index (χ1v) is 4.53. The molecule has 0 saturated carbocycles. The Labute approximate surface area is 106 Å². The van der Waals surface area contributed by atoms with Crippen LogP contribution in [0.3, 0.4) is 0 Å². The number of aromatic amines is 1. The zero-order valence-corrected chi connectivity index (χ0v) is 10.7. The van der Waals surface area contributed by atoms with Crippen molar-refractivity contribution in [2.45, 2.75) is 12.4 Å². The summed E-state index contributed by atoms with van der Waals surface area (Å²) in [5.74, 6) is 0.968. The quantitative estimate of drug-likeness (QED) is 0.322. The number of nitrogens with zero attached hydrogens (tertiary/aromatic N) is 1. The normalized spacial score (nSPS) is 11.0. The Bertz CT molecular complexity index is 361. The molecule has 0 bridgehead atoms. The molecule has 82 valence electrons. The van der Waals surface area contributed by atoms with Crippen LogP contribution < -0.4 is 29.6 Å². The average Bonchev–Trinajstić information content (AvgIpc) is 2.35. The summed E-state index contributed by atoms with van der Waals surface area (Å²) in [6, 6.07) is 0. The van der Waals surface area contributed by atoms with E-state index in [0.717, 1.165) is 5.82 Å². The Morgan fingerprint density at radius 2 is 1.87 bits per heavy atom. The Balaban J connectivity index is 0. The van der Waals surface area contributed by atoms with Crippen molar-refractivity contribution in [3.8, 4) is 0 Å². The van der Waals surface area contributed by atoms with Gasteiger partial charge in [0, 0.05) is 12.4 Å². The largest absolute Gasteiger partial charge is 1.00 e. The number of alkyl halides is 3. The average molecular weight is 254 g/mol. The van der Waals surface area contributed by atoms with Crippen LogP contribution in [0, 0.1) is 6.92 Å². The molecule has 1 heterocycles. The zero-order valence-electron chi connectivity index (χ0n) is 7.87. The molecule has 0 saturated heterocycles. The van der Waals surface area contributed by atoms with Crippen molar-refractivity contribution in [1.82, 2.24) is 9.97 Å². The summed E-state index contributed by atoms with van der Waals surface area (Å²) < 4.78 is 58.9. The number of H-pyrrole nitrogens is 1. The molecule has 0 atom stereocenters. The minimum absolute atomic E-state index is 0. The van der Waals surface area contributed by atoms with Crippen LogP contribution in [0.4, 0.5) is 13.2 Å². The smallest absolute Gasteiger partial charge is 0.741 e. The Kier molecular flexibility index (Phi) is 7.48. The molecule has 0 aliphatic rings. The van der Waals surface area contributed by atoms with Gasteiger partial charge in [-0.05, 0) is 6.92 Å². The van der Waals surface area contributed by atoms with Gasteiger partial charge in [-0.15, -0.1) is 0 Å². The van der Waals surface area contributed by atoms with Crippen LogP contribution in [-0.2, 0) is 10.1 Å². The van der Waals surface area contributed by atoms with Gasteiger partial charge in [-0.1, -0.05) is 0 Å². The summed E-state index contributed by atoms with van der Waals surface area (Å²) in [4.78, 5) is 6.75. The van der Waals surface area contributed by atoms with Crippen LogP contribution in [0.2, 0.25) is 0 Å². The van der Waals surface area contributed by atoms with Crippen LogP contribution >= 0.6 is 0 Å². The van der Waals surface area contributed by atoms with Gasteiger partial charge >= 0.3 is 35.1 Å². The molecule has 1 aromatic rings. The van der Waals surface area contributed by atoms with E-state index in [0.29, 0.717) is 0 Å². The molecule has 0 aliphatic heterocycles. The van der Waals surface area contributed by atoms with Crippen molar-refractivity contribution in [2.75, 3.05) is 0 Å². The summed E-state index contributed by atoms with van der Waals surface area (Å²) in [6.07, 6.45) is 3.53. The molecule has 10 heteroatoms. The van der Waals surface area contributed by atoms with E-state index in [9.17, 15) is 13.2 Å². The maximum atomic E-state index is 10.7. The van der Waals surface area contributed by atoms with Crippen molar-refractivity contribution >= 4 is 10.1 Å². The fourth-order valence-electron chi connectivity index (χ4n) is 0.344. The van der Waals surface area contributed by atoms with E-state index in [1.165, 1.54) is 0 Å². The molecule has 15 heavy (non-hydrogen) atoms. The number of nitrogens with one attached hydrogen (secondary N) is 1. The number of halogens is 3. The van der Waals surface area contributed by atoms with Gasteiger partial charge in [0.1, 0.15) is 5.82 Å². The minimum Gasteiger partial charge on any atom is -0.741 e. The second-order valence-electron chi connectivity index (χ2n) is 2.07. The van der Waals surface area contributed by atoms with Crippen molar-refractivity contribution in [3.63, 3.8) is 0 Å². The predicted molar refractivity (Wildman–Crippen MR) is 39.1 cm³/mol. The van der Waals surface area contributed by atoms with Crippen LogP contribution in [0.25, 0.3) is 0 Å². The molecule has 0 radical (unpaired) electrons. The van der Waals surface area contributed by atoms with Gasteiger partial charge in [0.2, 0.25) is 0 Å². The molecule has 0 fully saturated rings. The Morgan fingerprint density at radius 3 is 1.93 bits per heavy atom. The van der Waals surface area contributed by atoms with Crippen LogP contribution in [0.1, 0.15) is 5.82 Å². The van der Waals surface area contributed by atoms with E-state index >= 15 is 0 Å². The minimum atomic E-state index is -6.09.